The molecule has 1 aromatic heterocycles. The maximum Gasteiger partial charge on any atom is 0.261 e. The SMILES string of the molecule is CC(=O)Nc1ccc(S(=O)(=O)Nc2cccc(C(=O)Nc3nccs3)c2)cc1. The fourth-order valence-electron chi connectivity index (χ4n) is 2.31. The Balaban J connectivity index is 1.75. The van der Waals surface area contributed by atoms with Gasteiger partial charge in [-0.05, 0) is 42.5 Å². The summed E-state index contributed by atoms with van der Waals surface area (Å²) in [6.07, 6.45) is 1.57. The summed E-state index contributed by atoms with van der Waals surface area (Å²) in [4.78, 5) is 27.3. The van der Waals surface area contributed by atoms with Crippen LogP contribution in [0.2, 0.25) is 0 Å². The average molecular weight is 416 g/mol. The molecule has 28 heavy (non-hydrogen) atoms. The van der Waals surface area contributed by atoms with Crippen LogP contribution >= 0.6 is 11.3 Å². The summed E-state index contributed by atoms with van der Waals surface area (Å²) in [6, 6.07) is 11.9. The molecule has 3 rings (SSSR count). The van der Waals surface area contributed by atoms with Crippen LogP contribution in [0.3, 0.4) is 0 Å². The molecule has 3 aromatic rings. The predicted octanol–water partition coefficient (Wildman–Crippen LogP) is 3.15. The van der Waals surface area contributed by atoms with Crippen LogP contribution in [0.5, 0.6) is 0 Å². The van der Waals surface area contributed by atoms with Crippen LogP contribution in [0.4, 0.5) is 16.5 Å². The van der Waals surface area contributed by atoms with Gasteiger partial charge < -0.3 is 5.32 Å². The van der Waals surface area contributed by atoms with Crippen LogP contribution in [0.25, 0.3) is 0 Å². The van der Waals surface area contributed by atoms with Crippen LogP contribution in [0.15, 0.2) is 65.0 Å². The molecule has 0 aliphatic carbocycles. The monoisotopic (exact) mass is 416 g/mol. The number of benzene rings is 2. The summed E-state index contributed by atoms with van der Waals surface area (Å²) in [5, 5.41) is 7.39. The zero-order valence-electron chi connectivity index (χ0n) is 14.7. The van der Waals surface area contributed by atoms with E-state index in [1.165, 1.54) is 48.6 Å². The zero-order chi connectivity index (χ0) is 20.1. The van der Waals surface area contributed by atoms with Crippen LogP contribution < -0.4 is 15.4 Å². The second kappa shape index (κ2) is 8.19. The van der Waals surface area contributed by atoms with Gasteiger partial charge in [-0.25, -0.2) is 13.4 Å². The van der Waals surface area contributed by atoms with Crippen molar-refractivity contribution >= 4 is 49.7 Å². The first-order valence-electron chi connectivity index (χ1n) is 8.05. The van der Waals surface area contributed by atoms with Gasteiger partial charge >= 0.3 is 0 Å². The molecule has 144 valence electrons. The summed E-state index contributed by atoms with van der Waals surface area (Å²) < 4.78 is 27.6. The molecular weight excluding hydrogens is 400 g/mol. The van der Waals surface area contributed by atoms with Crippen molar-refractivity contribution in [2.75, 3.05) is 15.4 Å². The fraction of sp³-hybridized carbons (Fsp3) is 0.0556. The van der Waals surface area contributed by atoms with Gasteiger partial charge in [-0.2, -0.15) is 0 Å². The van der Waals surface area contributed by atoms with Crippen LogP contribution in [0.1, 0.15) is 17.3 Å². The smallest absolute Gasteiger partial charge is 0.261 e. The van der Waals surface area contributed by atoms with Crippen molar-refractivity contribution in [3.8, 4) is 0 Å². The topological polar surface area (TPSA) is 117 Å². The lowest BCUT2D eigenvalue weighted by atomic mass is 10.2. The van der Waals surface area contributed by atoms with E-state index in [1.54, 1.807) is 29.8 Å². The Morgan fingerprint density at radius 2 is 1.75 bits per heavy atom. The van der Waals surface area contributed by atoms with Gasteiger partial charge in [-0.3, -0.25) is 19.6 Å². The number of nitrogens with one attached hydrogen (secondary N) is 3. The summed E-state index contributed by atoms with van der Waals surface area (Å²) in [6.45, 7) is 1.36. The maximum atomic E-state index is 12.6. The van der Waals surface area contributed by atoms with E-state index in [4.69, 9.17) is 0 Å². The standard InChI is InChI=1S/C18H16N4O4S2/c1-12(23)20-14-5-7-16(8-6-14)28(25,26)22-15-4-2-3-13(11-15)17(24)21-18-19-9-10-27-18/h2-11,22H,1H3,(H,20,23)(H,19,21,24). The van der Waals surface area contributed by atoms with Gasteiger partial charge in [0.1, 0.15) is 0 Å². The number of carbonyl (C=O) groups is 2. The number of thiazole rings is 1. The molecule has 0 aliphatic heterocycles. The molecule has 2 aromatic carbocycles. The molecule has 10 heteroatoms. The van der Waals surface area contributed by atoms with Crippen LogP contribution in [-0.2, 0) is 14.8 Å². The molecule has 0 fully saturated rings. The number of hydrogen-bond acceptors (Lipinski definition) is 6. The van der Waals surface area contributed by atoms with E-state index in [0.29, 0.717) is 10.8 Å². The summed E-state index contributed by atoms with van der Waals surface area (Å²) in [5.41, 5.74) is 1.03. The normalized spacial score (nSPS) is 10.9. The minimum absolute atomic E-state index is 0.0271. The highest BCUT2D eigenvalue weighted by atomic mass is 32.2. The van der Waals surface area contributed by atoms with Crippen molar-refractivity contribution in [1.82, 2.24) is 4.98 Å². The Labute approximate surface area is 165 Å². The van der Waals surface area contributed by atoms with Gasteiger partial charge in [0.25, 0.3) is 15.9 Å². The van der Waals surface area contributed by atoms with Gasteiger partial charge in [0, 0.05) is 35.4 Å². The van der Waals surface area contributed by atoms with E-state index >= 15 is 0 Å². The highest BCUT2D eigenvalue weighted by molar-refractivity contribution is 7.92. The first-order chi connectivity index (χ1) is 13.3. The Morgan fingerprint density at radius 3 is 2.39 bits per heavy atom. The van der Waals surface area contributed by atoms with Gasteiger partial charge in [0.05, 0.1) is 4.90 Å². The number of nitrogens with zero attached hydrogens (tertiary/aromatic N) is 1. The number of anilines is 3. The average Bonchev–Trinajstić information content (AvgIpc) is 3.14. The second-order valence-corrected chi connectivity index (χ2v) is 8.26. The Hall–Kier alpha value is -3.24. The minimum Gasteiger partial charge on any atom is -0.326 e. The molecule has 0 unspecified atom stereocenters. The molecule has 0 spiro atoms. The van der Waals surface area contributed by atoms with Gasteiger partial charge in [0.15, 0.2) is 5.13 Å². The Morgan fingerprint density at radius 1 is 1.00 bits per heavy atom. The Bertz CT molecular complexity index is 1090. The van der Waals surface area contributed by atoms with Crippen LogP contribution in [-0.4, -0.2) is 25.2 Å². The molecular formula is C18H16N4O4S2. The van der Waals surface area contributed by atoms with Gasteiger partial charge in [-0.15, -0.1) is 11.3 Å². The third-order valence-electron chi connectivity index (χ3n) is 3.51. The third-order valence-corrected chi connectivity index (χ3v) is 5.60. The van der Waals surface area contributed by atoms with E-state index in [9.17, 15) is 18.0 Å². The molecule has 0 atom stereocenters. The number of amides is 2. The molecule has 3 N–H and O–H groups in total. The maximum absolute atomic E-state index is 12.6. The quantitative estimate of drug-likeness (QED) is 0.571. The molecule has 0 aliphatic rings. The molecule has 0 bridgehead atoms. The summed E-state index contributed by atoms with van der Waals surface area (Å²) in [7, 11) is -3.86. The van der Waals surface area contributed by atoms with Crippen molar-refractivity contribution in [3.63, 3.8) is 0 Å². The number of hydrogen-bond donors (Lipinski definition) is 3. The highest BCUT2D eigenvalue weighted by Crippen LogP contribution is 2.20. The van der Waals surface area contributed by atoms with E-state index < -0.39 is 15.9 Å². The van der Waals surface area contributed by atoms with Gasteiger partial charge in [-0.1, -0.05) is 6.07 Å². The highest BCUT2D eigenvalue weighted by Gasteiger charge is 2.15. The minimum atomic E-state index is -3.86. The number of carbonyl (C=O) groups excluding carboxylic acids is 2. The second-order valence-electron chi connectivity index (χ2n) is 5.68. The van der Waals surface area contributed by atoms with E-state index in [-0.39, 0.29) is 22.1 Å². The first kappa shape index (κ1) is 19.5. The predicted molar refractivity (Wildman–Crippen MR) is 108 cm³/mol. The van der Waals surface area contributed by atoms with Crippen LogP contribution in [0, 0.1) is 0 Å². The molecule has 2 amide bonds. The van der Waals surface area contributed by atoms with Crippen molar-refractivity contribution in [1.29, 1.82) is 0 Å². The Kier molecular flexibility index (Phi) is 5.71. The van der Waals surface area contributed by atoms with Crippen molar-refractivity contribution in [2.45, 2.75) is 11.8 Å². The first-order valence-corrected chi connectivity index (χ1v) is 10.4. The lowest BCUT2D eigenvalue weighted by molar-refractivity contribution is -0.114. The van der Waals surface area contributed by atoms with Crippen molar-refractivity contribution in [3.05, 3.63) is 65.7 Å². The molecule has 0 radical (unpaired) electrons. The third kappa shape index (κ3) is 4.93. The number of aromatic nitrogens is 1. The van der Waals surface area contributed by atoms with Gasteiger partial charge in [0.2, 0.25) is 5.91 Å². The lowest BCUT2D eigenvalue weighted by Crippen LogP contribution is -2.15. The van der Waals surface area contributed by atoms with Crippen molar-refractivity contribution in [2.24, 2.45) is 0 Å². The van der Waals surface area contributed by atoms with E-state index in [2.05, 4.69) is 20.3 Å². The summed E-state index contributed by atoms with van der Waals surface area (Å²) >= 11 is 1.28. The number of rotatable bonds is 6. The number of sulfonamides is 1. The largest absolute Gasteiger partial charge is 0.326 e. The van der Waals surface area contributed by atoms with Crippen molar-refractivity contribution < 1.29 is 18.0 Å². The zero-order valence-corrected chi connectivity index (χ0v) is 16.3. The molecule has 8 nitrogen and oxygen atoms in total. The lowest BCUT2D eigenvalue weighted by Gasteiger charge is -2.10. The fourth-order valence-corrected chi connectivity index (χ4v) is 3.89. The summed E-state index contributed by atoms with van der Waals surface area (Å²) in [5.74, 6) is -0.641. The molecule has 0 saturated carbocycles. The molecule has 1 heterocycles. The van der Waals surface area contributed by atoms with E-state index in [0.717, 1.165) is 0 Å². The van der Waals surface area contributed by atoms with E-state index in [1.807, 2.05) is 0 Å². The molecule has 0 saturated heterocycles.